The molecule has 0 aromatic heterocycles. The second kappa shape index (κ2) is 20.3. The normalized spacial score (nSPS) is 14.8. The molecule has 0 aromatic rings. The van der Waals surface area contributed by atoms with Crippen LogP contribution in [-0.2, 0) is 17.7 Å². The van der Waals surface area contributed by atoms with Gasteiger partial charge in [-0.3, -0.25) is 0 Å². The maximum Gasteiger partial charge on any atom is 0.349 e. The van der Waals surface area contributed by atoms with E-state index < -0.39 is 17.1 Å². The van der Waals surface area contributed by atoms with Gasteiger partial charge in [0.05, 0.1) is 9.75 Å². The van der Waals surface area contributed by atoms with E-state index in [9.17, 15) is 0 Å². The zero-order chi connectivity index (χ0) is 22.9. The van der Waals surface area contributed by atoms with Crippen LogP contribution in [0, 0.1) is 0 Å². The van der Waals surface area contributed by atoms with Gasteiger partial charge in [-0.15, -0.1) is 0 Å². The van der Waals surface area contributed by atoms with E-state index in [-0.39, 0.29) is 0 Å². The monoisotopic (exact) mass is 606 g/mol. The molecule has 4 nitrogen and oxygen atoms in total. The van der Waals surface area contributed by atoms with Crippen molar-refractivity contribution in [3.63, 3.8) is 0 Å². The van der Waals surface area contributed by atoms with Gasteiger partial charge < -0.3 is 17.7 Å². The van der Waals surface area contributed by atoms with Gasteiger partial charge in [-0.25, -0.2) is 0 Å². The Kier molecular flexibility index (Phi) is 22.4. The van der Waals surface area contributed by atoms with Crippen molar-refractivity contribution in [2.45, 2.75) is 77.2 Å². The highest BCUT2D eigenvalue weighted by molar-refractivity contribution is 9.48. The summed E-state index contributed by atoms with van der Waals surface area (Å²) in [6.07, 6.45) is 2.14. The molecule has 30 heavy (non-hydrogen) atoms. The summed E-state index contributed by atoms with van der Waals surface area (Å²) in [7, 11) is 10.5. The highest BCUT2D eigenvalue weighted by Gasteiger charge is 2.41. The van der Waals surface area contributed by atoms with E-state index in [1.54, 1.807) is 0 Å². The zero-order valence-electron chi connectivity index (χ0n) is 19.3. The first kappa shape index (κ1) is 33.1. The molecule has 0 N–H and O–H groups in total. The van der Waals surface area contributed by atoms with Gasteiger partial charge in [0.1, 0.15) is 0 Å². The summed E-state index contributed by atoms with van der Waals surface area (Å²) in [4.78, 5) is 0.867. The van der Waals surface area contributed by atoms with Gasteiger partial charge in [-0.05, 0) is 113 Å². The molecule has 0 aromatic carbocycles. The fourth-order valence-electron chi connectivity index (χ4n) is 2.83. The summed E-state index contributed by atoms with van der Waals surface area (Å²) in [5.41, 5.74) is 0. The Labute approximate surface area is 217 Å². The lowest BCUT2D eigenvalue weighted by molar-refractivity contribution is 0.186. The zero-order valence-corrected chi connectivity index (χ0v) is 27.8. The second-order valence-electron chi connectivity index (χ2n) is 6.16. The minimum atomic E-state index is -2.13. The molecule has 2 atom stereocenters. The standard InChI is InChI=1S/C16H38O4S8Si2/c1-9-15(29(7,17-11-3)18-12-4)21-23-25-27-28-26-24-22-16(10-2)30(8,19-13-5)20-14-6/h15-16H,9-14H2,1-8H3. The Bertz CT molecular complexity index is 369. The number of hydrogen-bond acceptors (Lipinski definition) is 12. The van der Waals surface area contributed by atoms with Crippen LogP contribution in [0.15, 0.2) is 0 Å². The van der Waals surface area contributed by atoms with Crippen molar-refractivity contribution in [2.24, 2.45) is 0 Å². The highest BCUT2D eigenvalue weighted by Crippen LogP contribution is 2.59. The lowest BCUT2D eigenvalue weighted by Crippen LogP contribution is -2.48. The van der Waals surface area contributed by atoms with Crippen LogP contribution in [0.5, 0.6) is 0 Å². The molecule has 0 aliphatic rings. The molecular formula is C16H38O4S8Si2. The topological polar surface area (TPSA) is 36.9 Å². The second-order valence-corrected chi connectivity index (χ2v) is 26.9. The van der Waals surface area contributed by atoms with E-state index >= 15 is 0 Å². The van der Waals surface area contributed by atoms with Gasteiger partial charge in [0.2, 0.25) is 0 Å². The van der Waals surface area contributed by atoms with Gasteiger partial charge in [0.25, 0.3) is 0 Å². The van der Waals surface area contributed by atoms with E-state index in [0.717, 1.165) is 39.3 Å². The maximum atomic E-state index is 6.06. The van der Waals surface area contributed by atoms with Crippen molar-refractivity contribution in [3.8, 4) is 0 Å². The largest absolute Gasteiger partial charge is 0.394 e. The SMILES string of the molecule is CCO[Si](C)(OCC)C(CC)SSSSSSSSC(CC)[Si](C)(OCC)OCC. The van der Waals surface area contributed by atoms with E-state index in [0.29, 0.717) is 9.75 Å². The van der Waals surface area contributed by atoms with Gasteiger partial charge in [0, 0.05) is 26.4 Å². The molecular weight excluding hydrogens is 569 g/mol. The predicted octanol–water partition coefficient (Wildman–Crippen LogP) is 9.18. The maximum absolute atomic E-state index is 6.06. The molecule has 0 saturated heterocycles. The third-order valence-corrected chi connectivity index (χ3v) is 30.7. The Morgan fingerprint density at radius 3 is 1.00 bits per heavy atom. The van der Waals surface area contributed by atoms with Crippen molar-refractivity contribution in [3.05, 3.63) is 0 Å². The van der Waals surface area contributed by atoms with Crippen LogP contribution in [0.25, 0.3) is 0 Å². The van der Waals surface area contributed by atoms with Gasteiger partial charge in [0.15, 0.2) is 0 Å². The summed E-state index contributed by atoms with van der Waals surface area (Å²) in [6, 6.07) is 0. The van der Waals surface area contributed by atoms with E-state index in [2.05, 4.69) is 54.6 Å². The van der Waals surface area contributed by atoms with E-state index in [1.807, 2.05) is 80.5 Å². The molecule has 0 rings (SSSR count). The highest BCUT2D eigenvalue weighted by atomic mass is 34.0. The Morgan fingerprint density at radius 2 is 0.767 bits per heavy atom. The van der Waals surface area contributed by atoms with Crippen LogP contribution < -0.4 is 0 Å². The summed E-state index contributed by atoms with van der Waals surface area (Å²) in [5, 5.41) is 0. The number of rotatable bonds is 21. The van der Waals surface area contributed by atoms with Crippen LogP contribution in [0.3, 0.4) is 0 Å². The van der Waals surface area contributed by atoms with Crippen LogP contribution in [0.1, 0.15) is 54.4 Å². The lowest BCUT2D eigenvalue weighted by Gasteiger charge is -2.32. The first-order valence-electron chi connectivity index (χ1n) is 10.2. The summed E-state index contributed by atoms with van der Waals surface area (Å²) < 4.78 is 24.2. The molecule has 0 bridgehead atoms. The molecule has 2 unspecified atom stereocenters. The quantitative estimate of drug-likeness (QED) is 0.0710. The molecule has 0 heterocycles. The van der Waals surface area contributed by atoms with Gasteiger partial charge in [-0.2, -0.15) is 0 Å². The van der Waals surface area contributed by atoms with Crippen molar-refractivity contribution in [2.75, 3.05) is 26.4 Å². The molecule has 0 saturated carbocycles. The first-order valence-corrected chi connectivity index (χ1v) is 25.3. The Hall–Kier alpha value is 3.07. The van der Waals surface area contributed by atoms with Crippen LogP contribution in [0.2, 0.25) is 13.1 Å². The third kappa shape index (κ3) is 13.2. The van der Waals surface area contributed by atoms with Gasteiger partial charge in [-0.1, -0.05) is 35.4 Å². The third-order valence-electron chi connectivity index (χ3n) is 4.08. The van der Waals surface area contributed by atoms with Crippen molar-refractivity contribution in [1.29, 1.82) is 0 Å². The summed E-state index contributed by atoms with van der Waals surface area (Å²) in [5.74, 6) is 0. The molecule has 0 radical (unpaired) electrons. The lowest BCUT2D eigenvalue weighted by atomic mass is 10.6. The molecule has 14 heteroatoms. The molecule has 0 fully saturated rings. The van der Waals surface area contributed by atoms with Crippen molar-refractivity contribution in [1.82, 2.24) is 0 Å². The van der Waals surface area contributed by atoms with Gasteiger partial charge >= 0.3 is 17.1 Å². The Morgan fingerprint density at radius 1 is 0.500 bits per heavy atom. The molecule has 182 valence electrons. The van der Waals surface area contributed by atoms with Crippen LogP contribution in [-0.4, -0.2) is 53.3 Å². The summed E-state index contributed by atoms with van der Waals surface area (Å²) >= 11 is 0. The predicted molar refractivity (Wildman–Crippen MR) is 159 cm³/mol. The van der Waals surface area contributed by atoms with Crippen molar-refractivity contribution < 1.29 is 17.7 Å². The molecule has 0 aliphatic heterocycles. The van der Waals surface area contributed by atoms with Crippen molar-refractivity contribution >= 4 is 97.7 Å². The van der Waals surface area contributed by atoms with E-state index in [1.165, 1.54) is 0 Å². The average molecular weight is 607 g/mol. The van der Waals surface area contributed by atoms with Crippen LogP contribution >= 0.6 is 80.5 Å². The number of hydrogen-bond donors (Lipinski definition) is 0. The molecule has 0 aliphatic carbocycles. The van der Waals surface area contributed by atoms with Crippen LogP contribution in [0.4, 0.5) is 0 Å². The van der Waals surface area contributed by atoms with E-state index in [4.69, 9.17) is 17.7 Å². The fraction of sp³-hybridized carbons (Fsp3) is 1.00. The average Bonchev–Trinajstić information content (AvgIpc) is 2.70. The minimum Gasteiger partial charge on any atom is -0.394 e. The first-order chi connectivity index (χ1) is 14.4. The minimum absolute atomic E-state index is 0.433. The Balaban J connectivity index is 4.18. The summed E-state index contributed by atoms with van der Waals surface area (Å²) in [6.45, 7) is 20.0. The molecule has 0 spiro atoms. The fourth-order valence-corrected chi connectivity index (χ4v) is 32.1. The molecule has 0 amide bonds. The smallest absolute Gasteiger partial charge is 0.349 e.